The van der Waals surface area contributed by atoms with E-state index in [1.807, 2.05) is 0 Å². The van der Waals surface area contributed by atoms with Gasteiger partial charge in [0.25, 0.3) is 0 Å². The Bertz CT molecular complexity index is 45.8. The lowest BCUT2D eigenvalue weighted by atomic mass is 10.1. The third-order valence-electron chi connectivity index (χ3n) is 1.03. The largest absolute Gasteiger partial charge is 0.102 e. The van der Waals surface area contributed by atoms with Gasteiger partial charge < -0.3 is 0 Å². The summed E-state index contributed by atoms with van der Waals surface area (Å²) < 4.78 is 0. The minimum absolute atomic E-state index is 0.484. The van der Waals surface area contributed by atoms with Crippen LogP contribution in [0.2, 0.25) is 0 Å². The van der Waals surface area contributed by atoms with E-state index in [4.69, 9.17) is 0 Å². The van der Waals surface area contributed by atoms with Gasteiger partial charge in [-0.25, -0.2) is 0 Å². The van der Waals surface area contributed by atoms with Crippen molar-refractivity contribution in [2.24, 2.45) is 5.92 Å². The Morgan fingerprint density at radius 1 is 1.50 bits per heavy atom. The Hall–Kier alpha value is -0.0800. The van der Waals surface area contributed by atoms with Crippen LogP contribution in [-0.2, 0) is 5.21 Å². The number of rotatable bonds is 4. The van der Waals surface area contributed by atoms with Gasteiger partial charge in [0.15, 0.2) is 0 Å². The Kier molecular flexibility index (Phi) is 5.01. The summed E-state index contributed by atoms with van der Waals surface area (Å²) in [6.45, 7) is 4.77. The van der Waals surface area contributed by atoms with Gasteiger partial charge in [-0.2, -0.15) is 0 Å². The van der Waals surface area contributed by atoms with E-state index < -0.39 is 0 Å². The van der Waals surface area contributed by atoms with E-state index in [0.717, 1.165) is 12.8 Å². The van der Waals surface area contributed by atoms with Crippen molar-refractivity contribution in [3.8, 4) is 0 Å². The molecule has 0 aliphatic carbocycles. The summed E-state index contributed by atoms with van der Waals surface area (Å²) in [4.78, 5) is 0. The van der Waals surface area contributed by atoms with Crippen LogP contribution in [0.25, 0.3) is 0 Å². The van der Waals surface area contributed by atoms with Crippen molar-refractivity contribution in [1.82, 2.24) is 5.48 Å². The molecule has 0 amide bonds. The maximum atomic E-state index is 9.54. The quantitative estimate of drug-likeness (QED) is 0.392. The van der Waals surface area contributed by atoms with E-state index >= 15 is 0 Å². The second kappa shape index (κ2) is 5.06. The predicted octanol–water partition coefficient (Wildman–Crippen LogP) is 1.37. The molecular formula is C6H13NO. The molecule has 0 saturated heterocycles. The molecule has 0 atom stereocenters. The molecule has 0 aliphatic heterocycles. The van der Waals surface area contributed by atoms with Crippen LogP contribution in [0.4, 0.5) is 0 Å². The molecule has 0 saturated carbocycles. The molecule has 48 valence electrons. The van der Waals surface area contributed by atoms with Gasteiger partial charge in [-0.05, 0) is 18.8 Å². The molecule has 0 N–H and O–H groups in total. The van der Waals surface area contributed by atoms with Gasteiger partial charge >= 0.3 is 0 Å². The first-order chi connectivity index (χ1) is 3.77. The minimum atomic E-state index is 0.484. The summed E-state index contributed by atoms with van der Waals surface area (Å²) in [5.74, 6) is 0.705. The molecule has 0 bridgehead atoms. The fourth-order valence-corrected chi connectivity index (χ4v) is 0.564. The second-order valence-corrected chi connectivity index (χ2v) is 2.39. The molecular weight excluding hydrogens is 102 g/mol. The zero-order valence-corrected chi connectivity index (χ0v) is 5.55. The molecule has 0 aromatic carbocycles. The summed E-state index contributed by atoms with van der Waals surface area (Å²) in [5, 5.41) is 9.54. The van der Waals surface area contributed by atoms with Crippen molar-refractivity contribution < 1.29 is 5.21 Å². The average Bonchev–Trinajstić information content (AvgIpc) is 1.66. The van der Waals surface area contributed by atoms with Crippen LogP contribution in [0, 0.1) is 5.92 Å². The van der Waals surface area contributed by atoms with Crippen LogP contribution >= 0.6 is 0 Å². The lowest BCUT2D eigenvalue weighted by Crippen LogP contribution is -1.99. The van der Waals surface area contributed by atoms with E-state index in [2.05, 4.69) is 19.3 Å². The first kappa shape index (κ1) is 7.92. The summed E-state index contributed by atoms with van der Waals surface area (Å²) in [7, 11) is 0. The lowest BCUT2D eigenvalue weighted by Gasteiger charge is -1.99. The summed E-state index contributed by atoms with van der Waals surface area (Å²) in [6.07, 6.45) is 2.06. The van der Waals surface area contributed by atoms with Crippen LogP contribution < -0.4 is 5.48 Å². The van der Waals surface area contributed by atoms with Gasteiger partial charge in [-0.15, -0.1) is 5.21 Å². The average molecular weight is 115 g/mol. The Labute approximate surface area is 50.9 Å². The zero-order valence-electron chi connectivity index (χ0n) is 5.55. The van der Waals surface area contributed by atoms with Crippen molar-refractivity contribution in [1.29, 1.82) is 0 Å². The Balaban J connectivity index is 2.72. The molecule has 2 radical (unpaired) electrons. The molecule has 0 aliphatic rings. The van der Waals surface area contributed by atoms with Gasteiger partial charge in [-0.1, -0.05) is 19.3 Å². The molecule has 8 heavy (non-hydrogen) atoms. The third-order valence-corrected chi connectivity index (χ3v) is 1.03. The summed E-state index contributed by atoms with van der Waals surface area (Å²) >= 11 is 0. The number of hydrogen-bond acceptors (Lipinski definition) is 0. The van der Waals surface area contributed by atoms with Crippen molar-refractivity contribution in [2.45, 2.75) is 26.7 Å². The SMILES string of the molecule is CC(C)CCC[N][O]. The van der Waals surface area contributed by atoms with Crippen molar-refractivity contribution in [3.05, 3.63) is 0 Å². The maximum absolute atomic E-state index is 9.54. The highest BCUT2D eigenvalue weighted by Gasteiger charge is 1.92. The zero-order chi connectivity index (χ0) is 6.41. The topological polar surface area (TPSA) is 34.0 Å². The van der Waals surface area contributed by atoms with Crippen LogP contribution in [0.15, 0.2) is 0 Å². The van der Waals surface area contributed by atoms with Gasteiger partial charge in [-0.3, -0.25) is 0 Å². The van der Waals surface area contributed by atoms with Crippen LogP contribution in [0.1, 0.15) is 26.7 Å². The number of hydroxylamine groups is 1. The molecule has 0 fully saturated rings. The summed E-state index contributed by atoms with van der Waals surface area (Å²) in [6, 6.07) is 0. The monoisotopic (exact) mass is 115 g/mol. The standard InChI is InChI=1S/C6H13NO/c1-6(2)4-3-5-7-8/h6H,3-5H2,1-2H3. The van der Waals surface area contributed by atoms with Gasteiger partial charge in [0.1, 0.15) is 0 Å². The predicted molar refractivity (Wildman–Crippen MR) is 31.8 cm³/mol. The third kappa shape index (κ3) is 5.92. The van der Waals surface area contributed by atoms with Gasteiger partial charge in [0, 0.05) is 6.54 Å². The second-order valence-electron chi connectivity index (χ2n) is 2.39. The van der Waals surface area contributed by atoms with Crippen LogP contribution in [-0.4, -0.2) is 6.54 Å². The van der Waals surface area contributed by atoms with E-state index in [1.54, 1.807) is 0 Å². The lowest BCUT2D eigenvalue weighted by molar-refractivity contribution is 0.0644. The van der Waals surface area contributed by atoms with E-state index in [0.29, 0.717) is 12.5 Å². The van der Waals surface area contributed by atoms with Crippen molar-refractivity contribution in [3.63, 3.8) is 0 Å². The highest BCUT2D eigenvalue weighted by atomic mass is 16.5. The Morgan fingerprint density at radius 3 is 2.50 bits per heavy atom. The molecule has 2 heteroatoms. The molecule has 0 aromatic rings. The molecule has 2 nitrogen and oxygen atoms in total. The molecule has 0 aromatic heterocycles. The minimum Gasteiger partial charge on any atom is -0.102 e. The van der Waals surface area contributed by atoms with Crippen molar-refractivity contribution >= 4 is 0 Å². The number of hydrogen-bond donors (Lipinski definition) is 0. The normalized spacial score (nSPS) is 10.5. The maximum Gasteiger partial charge on any atom is 0.0459 e. The van der Waals surface area contributed by atoms with Crippen LogP contribution in [0.3, 0.4) is 0 Å². The van der Waals surface area contributed by atoms with E-state index in [1.165, 1.54) is 0 Å². The number of nitrogens with zero attached hydrogens (tertiary/aromatic N) is 1. The van der Waals surface area contributed by atoms with Crippen LogP contribution in [0.5, 0.6) is 0 Å². The highest BCUT2D eigenvalue weighted by molar-refractivity contribution is 4.44. The first-order valence-corrected chi connectivity index (χ1v) is 3.06. The van der Waals surface area contributed by atoms with Crippen molar-refractivity contribution in [2.75, 3.05) is 6.54 Å². The van der Waals surface area contributed by atoms with Gasteiger partial charge in [0.2, 0.25) is 0 Å². The van der Waals surface area contributed by atoms with E-state index in [-0.39, 0.29) is 0 Å². The molecule has 0 rings (SSSR count). The fraction of sp³-hybridized carbons (Fsp3) is 1.00. The Morgan fingerprint density at radius 2 is 2.12 bits per heavy atom. The smallest absolute Gasteiger partial charge is 0.0459 e. The highest BCUT2D eigenvalue weighted by Crippen LogP contribution is 2.01. The molecule has 0 spiro atoms. The first-order valence-electron chi connectivity index (χ1n) is 3.06. The summed E-state index contributed by atoms with van der Waals surface area (Å²) in [5.41, 5.74) is 2.76. The van der Waals surface area contributed by atoms with E-state index in [9.17, 15) is 5.21 Å². The molecule has 0 heterocycles. The molecule has 0 unspecified atom stereocenters. The van der Waals surface area contributed by atoms with Gasteiger partial charge in [0.05, 0.1) is 0 Å². The fourth-order valence-electron chi connectivity index (χ4n) is 0.564.